The Labute approximate surface area is 99.9 Å². The molecule has 2 aromatic rings. The van der Waals surface area contributed by atoms with Crippen molar-refractivity contribution in [2.45, 2.75) is 13.1 Å². The molecule has 0 aliphatic rings. The minimum Gasteiger partial charge on any atom is -0.468 e. The van der Waals surface area contributed by atoms with E-state index in [2.05, 4.69) is 5.32 Å². The van der Waals surface area contributed by atoms with Gasteiger partial charge in [0.05, 0.1) is 12.8 Å². The van der Waals surface area contributed by atoms with E-state index in [1.54, 1.807) is 18.4 Å². The fourth-order valence-corrected chi connectivity index (χ4v) is 1.38. The molecule has 1 heterocycles. The van der Waals surface area contributed by atoms with Gasteiger partial charge in [-0.05, 0) is 18.2 Å². The van der Waals surface area contributed by atoms with Crippen LogP contribution in [0.1, 0.15) is 11.3 Å². The van der Waals surface area contributed by atoms with Crippen LogP contribution in [-0.2, 0) is 13.1 Å². The monoisotopic (exact) mass is 241 g/mol. The van der Waals surface area contributed by atoms with Gasteiger partial charge in [0.25, 0.3) is 0 Å². The number of nitrogens with one attached hydrogen (secondary N) is 1. The van der Waals surface area contributed by atoms with Crippen LogP contribution in [0.5, 0.6) is 0 Å². The van der Waals surface area contributed by atoms with Crippen molar-refractivity contribution in [3.8, 4) is 0 Å². The van der Waals surface area contributed by atoms with Gasteiger partial charge in [0.15, 0.2) is 0 Å². The molecule has 0 amide bonds. The highest BCUT2D eigenvalue weighted by molar-refractivity contribution is 5.85. The Morgan fingerprint density at radius 1 is 1.06 bits per heavy atom. The van der Waals surface area contributed by atoms with E-state index in [0.717, 1.165) is 5.76 Å². The Morgan fingerprint density at radius 2 is 1.88 bits per heavy atom. The fraction of sp³-hybridized carbons (Fsp3) is 0.167. The van der Waals surface area contributed by atoms with Crippen molar-refractivity contribution in [1.29, 1.82) is 0 Å². The van der Waals surface area contributed by atoms with E-state index < -0.39 is 0 Å². The van der Waals surface area contributed by atoms with Crippen molar-refractivity contribution >= 4 is 12.4 Å². The second kappa shape index (κ2) is 6.30. The van der Waals surface area contributed by atoms with Crippen LogP contribution in [0.2, 0.25) is 0 Å². The van der Waals surface area contributed by atoms with Gasteiger partial charge in [-0.15, -0.1) is 12.4 Å². The Kier molecular flexibility index (Phi) is 5.02. The standard InChI is InChI=1S/C12H12FNO.ClH/c13-12-6-2-1-4-10(12)8-14-9-11-5-3-7-15-11;/h1-7,14H,8-9H2;1H. The minimum absolute atomic E-state index is 0. The van der Waals surface area contributed by atoms with Crippen molar-refractivity contribution in [2.24, 2.45) is 0 Å². The van der Waals surface area contributed by atoms with Gasteiger partial charge in [-0.1, -0.05) is 18.2 Å². The predicted octanol–water partition coefficient (Wildman–Crippen LogP) is 3.13. The van der Waals surface area contributed by atoms with Gasteiger partial charge in [0.1, 0.15) is 11.6 Å². The third-order valence-electron chi connectivity index (χ3n) is 2.15. The van der Waals surface area contributed by atoms with Gasteiger partial charge >= 0.3 is 0 Å². The Morgan fingerprint density at radius 3 is 2.56 bits per heavy atom. The first kappa shape index (κ1) is 12.7. The van der Waals surface area contributed by atoms with Crippen LogP contribution in [0.25, 0.3) is 0 Å². The minimum atomic E-state index is -0.176. The summed E-state index contributed by atoms with van der Waals surface area (Å²) in [5, 5.41) is 3.11. The van der Waals surface area contributed by atoms with E-state index in [-0.39, 0.29) is 18.2 Å². The maximum absolute atomic E-state index is 13.2. The van der Waals surface area contributed by atoms with Gasteiger partial charge < -0.3 is 9.73 Å². The van der Waals surface area contributed by atoms with E-state index >= 15 is 0 Å². The zero-order valence-electron chi connectivity index (χ0n) is 8.65. The molecule has 1 aromatic carbocycles. The maximum Gasteiger partial charge on any atom is 0.127 e. The molecule has 0 radical (unpaired) electrons. The Hall–Kier alpha value is -1.32. The molecular weight excluding hydrogens is 229 g/mol. The van der Waals surface area contributed by atoms with Gasteiger partial charge in [-0.3, -0.25) is 0 Å². The molecule has 0 saturated heterocycles. The van der Waals surface area contributed by atoms with Crippen LogP contribution in [0.3, 0.4) is 0 Å². The highest BCUT2D eigenvalue weighted by Crippen LogP contribution is 2.06. The second-order valence-electron chi connectivity index (χ2n) is 3.27. The molecule has 0 aliphatic carbocycles. The Bertz CT molecular complexity index is 417. The first-order valence-corrected chi connectivity index (χ1v) is 4.83. The summed E-state index contributed by atoms with van der Waals surface area (Å²) in [6.45, 7) is 1.12. The average Bonchev–Trinajstić information content (AvgIpc) is 2.74. The van der Waals surface area contributed by atoms with Crippen LogP contribution in [0.4, 0.5) is 4.39 Å². The highest BCUT2D eigenvalue weighted by atomic mass is 35.5. The highest BCUT2D eigenvalue weighted by Gasteiger charge is 2.00. The van der Waals surface area contributed by atoms with Gasteiger partial charge in [-0.2, -0.15) is 0 Å². The number of rotatable bonds is 4. The fourth-order valence-electron chi connectivity index (χ4n) is 1.38. The van der Waals surface area contributed by atoms with E-state index in [4.69, 9.17) is 4.42 Å². The molecule has 0 aliphatic heterocycles. The lowest BCUT2D eigenvalue weighted by molar-refractivity contribution is 0.479. The van der Waals surface area contributed by atoms with Crippen LogP contribution in [0.15, 0.2) is 47.1 Å². The van der Waals surface area contributed by atoms with E-state index in [9.17, 15) is 4.39 Å². The van der Waals surface area contributed by atoms with Gasteiger partial charge in [0.2, 0.25) is 0 Å². The molecule has 0 bridgehead atoms. The normalized spacial score (nSPS) is 9.81. The number of benzene rings is 1. The van der Waals surface area contributed by atoms with E-state index in [1.807, 2.05) is 18.2 Å². The van der Waals surface area contributed by atoms with Crippen LogP contribution in [-0.4, -0.2) is 0 Å². The molecule has 2 nitrogen and oxygen atoms in total. The summed E-state index contributed by atoms with van der Waals surface area (Å²) >= 11 is 0. The van der Waals surface area contributed by atoms with Gasteiger partial charge in [0, 0.05) is 12.1 Å². The zero-order valence-corrected chi connectivity index (χ0v) is 9.47. The summed E-state index contributed by atoms with van der Waals surface area (Å²) in [5.74, 6) is 0.677. The third-order valence-corrected chi connectivity index (χ3v) is 2.15. The van der Waals surface area contributed by atoms with Gasteiger partial charge in [-0.25, -0.2) is 4.39 Å². The van der Waals surface area contributed by atoms with Crippen molar-refractivity contribution in [3.63, 3.8) is 0 Å². The summed E-state index contributed by atoms with van der Waals surface area (Å²) in [6.07, 6.45) is 1.63. The molecule has 0 fully saturated rings. The molecule has 1 aromatic heterocycles. The molecule has 0 saturated carbocycles. The molecule has 16 heavy (non-hydrogen) atoms. The van der Waals surface area contributed by atoms with Crippen molar-refractivity contribution < 1.29 is 8.81 Å². The topological polar surface area (TPSA) is 25.2 Å². The summed E-state index contributed by atoms with van der Waals surface area (Å²) < 4.78 is 18.3. The number of hydrogen-bond donors (Lipinski definition) is 1. The molecule has 2 rings (SSSR count). The predicted molar refractivity (Wildman–Crippen MR) is 62.9 cm³/mol. The lowest BCUT2D eigenvalue weighted by Crippen LogP contribution is -2.13. The number of furan rings is 1. The molecule has 0 unspecified atom stereocenters. The average molecular weight is 242 g/mol. The van der Waals surface area contributed by atoms with E-state index in [0.29, 0.717) is 18.7 Å². The molecule has 86 valence electrons. The lowest BCUT2D eigenvalue weighted by atomic mass is 10.2. The van der Waals surface area contributed by atoms with Crippen LogP contribution < -0.4 is 5.32 Å². The Balaban J connectivity index is 0.00000128. The smallest absolute Gasteiger partial charge is 0.127 e. The molecule has 1 N–H and O–H groups in total. The van der Waals surface area contributed by atoms with Crippen LogP contribution in [0, 0.1) is 5.82 Å². The van der Waals surface area contributed by atoms with Crippen molar-refractivity contribution in [1.82, 2.24) is 5.32 Å². The number of halogens is 2. The van der Waals surface area contributed by atoms with Crippen LogP contribution >= 0.6 is 12.4 Å². The molecular formula is C12H13ClFNO. The summed E-state index contributed by atoms with van der Waals surface area (Å²) in [5.41, 5.74) is 0.670. The first-order valence-electron chi connectivity index (χ1n) is 4.83. The van der Waals surface area contributed by atoms with Crippen molar-refractivity contribution in [3.05, 3.63) is 59.8 Å². The molecule has 0 atom stereocenters. The van der Waals surface area contributed by atoms with Crippen molar-refractivity contribution in [2.75, 3.05) is 0 Å². The quantitative estimate of drug-likeness (QED) is 0.890. The molecule has 4 heteroatoms. The van der Waals surface area contributed by atoms with E-state index in [1.165, 1.54) is 6.07 Å². The summed E-state index contributed by atoms with van der Waals surface area (Å²) in [6, 6.07) is 10.5. The summed E-state index contributed by atoms with van der Waals surface area (Å²) in [4.78, 5) is 0. The lowest BCUT2D eigenvalue weighted by Gasteiger charge is -2.03. The zero-order chi connectivity index (χ0) is 10.5. The second-order valence-corrected chi connectivity index (χ2v) is 3.27. The maximum atomic E-state index is 13.2. The SMILES string of the molecule is Cl.Fc1ccccc1CNCc1ccco1. The third kappa shape index (κ3) is 3.36. The number of hydrogen-bond acceptors (Lipinski definition) is 2. The summed E-state index contributed by atoms with van der Waals surface area (Å²) in [7, 11) is 0. The first-order chi connectivity index (χ1) is 7.36. The largest absolute Gasteiger partial charge is 0.468 e. The molecule has 0 spiro atoms.